The smallest absolute Gasteiger partial charge is 0.310 e. The van der Waals surface area contributed by atoms with E-state index in [2.05, 4.69) is 10.4 Å². The number of rotatable bonds is 4. The predicted molar refractivity (Wildman–Crippen MR) is 92.4 cm³/mol. The molecule has 1 unspecified atom stereocenters. The Morgan fingerprint density at radius 1 is 1.25 bits per heavy atom. The summed E-state index contributed by atoms with van der Waals surface area (Å²) in [4.78, 5) is 23.6. The number of aliphatic carboxylic acids is 1. The fourth-order valence-corrected chi connectivity index (χ4v) is 2.27. The molecule has 24 heavy (non-hydrogen) atoms. The minimum Gasteiger partial charge on any atom is -0.481 e. The summed E-state index contributed by atoms with van der Waals surface area (Å²) in [6.45, 7) is 7.72. The van der Waals surface area contributed by atoms with E-state index in [-0.39, 0.29) is 11.3 Å². The van der Waals surface area contributed by atoms with Crippen molar-refractivity contribution < 1.29 is 14.7 Å². The Morgan fingerprint density at radius 2 is 1.92 bits per heavy atom. The van der Waals surface area contributed by atoms with Crippen LogP contribution in [0.5, 0.6) is 0 Å². The van der Waals surface area contributed by atoms with Crippen molar-refractivity contribution in [2.45, 2.75) is 39.0 Å². The molecule has 0 fully saturated rings. The molecule has 1 aromatic heterocycles. The largest absolute Gasteiger partial charge is 0.481 e. The topological polar surface area (TPSA) is 84.2 Å². The highest BCUT2D eigenvalue weighted by atomic mass is 16.4. The van der Waals surface area contributed by atoms with Crippen molar-refractivity contribution in [2.75, 3.05) is 5.32 Å². The van der Waals surface area contributed by atoms with Gasteiger partial charge in [0.25, 0.3) is 5.91 Å². The van der Waals surface area contributed by atoms with Gasteiger partial charge in [0.15, 0.2) is 0 Å². The lowest BCUT2D eigenvalue weighted by molar-refractivity contribution is -0.138. The molecule has 1 atom stereocenters. The van der Waals surface area contributed by atoms with E-state index in [1.807, 2.05) is 20.8 Å². The van der Waals surface area contributed by atoms with Gasteiger partial charge in [0.2, 0.25) is 0 Å². The molecule has 0 saturated heterocycles. The standard InChI is InChI=1S/C18H23N3O3/c1-11(17(23)24)12-7-6-8-13(9-12)19-16(22)14-10-15(18(2,3)4)20-21(14)5/h6-11H,1-5H3,(H,19,22)(H,23,24). The molecule has 2 N–H and O–H groups in total. The molecule has 0 radical (unpaired) electrons. The molecule has 1 amide bonds. The normalized spacial score (nSPS) is 12.7. The number of benzene rings is 1. The summed E-state index contributed by atoms with van der Waals surface area (Å²) in [6.07, 6.45) is 0. The quantitative estimate of drug-likeness (QED) is 0.902. The van der Waals surface area contributed by atoms with Crippen molar-refractivity contribution in [1.82, 2.24) is 9.78 Å². The zero-order chi connectivity index (χ0) is 18.1. The number of aryl methyl sites for hydroxylation is 1. The number of hydrogen-bond donors (Lipinski definition) is 2. The predicted octanol–water partition coefficient (Wildman–Crippen LogP) is 3.16. The third-order valence-electron chi connectivity index (χ3n) is 3.90. The Labute approximate surface area is 141 Å². The Balaban J connectivity index is 2.23. The number of hydrogen-bond acceptors (Lipinski definition) is 3. The van der Waals surface area contributed by atoms with Crippen molar-refractivity contribution in [3.8, 4) is 0 Å². The van der Waals surface area contributed by atoms with Crippen molar-refractivity contribution in [1.29, 1.82) is 0 Å². The average molecular weight is 329 g/mol. The van der Waals surface area contributed by atoms with E-state index in [0.29, 0.717) is 16.9 Å². The molecule has 0 bridgehead atoms. The van der Waals surface area contributed by atoms with Crippen LogP contribution in [0.4, 0.5) is 5.69 Å². The van der Waals surface area contributed by atoms with Gasteiger partial charge in [-0.15, -0.1) is 0 Å². The van der Waals surface area contributed by atoms with E-state index < -0.39 is 11.9 Å². The molecule has 2 aromatic rings. The van der Waals surface area contributed by atoms with E-state index in [1.54, 1.807) is 49.0 Å². The summed E-state index contributed by atoms with van der Waals surface area (Å²) in [6, 6.07) is 8.65. The first-order valence-corrected chi connectivity index (χ1v) is 7.78. The van der Waals surface area contributed by atoms with Crippen LogP contribution in [0, 0.1) is 0 Å². The van der Waals surface area contributed by atoms with Crippen LogP contribution < -0.4 is 5.32 Å². The molecular weight excluding hydrogens is 306 g/mol. The van der Waals surface area contributed by atoms with Crippen LogP contribution in [0.15, 0.2) is 30.3 Å². The van der Waals surface area contributed by atoms with Crippen LogP contribution in [0.2, 0.25) is 0 Å². The molecule has 6 nitrogen and oxygen atoms in total. The van der Waals surface area contributed by atoms with E-state index >= 15 is 0 Å². The van der Waals surface area contributed by atoms with E-state index in [4.69, 9.17) is 5.11 Å². The molecule has 128 valence electrons. The number of anilines is 1. The molecule has 0 aliphatic carbocycles. The van der Waals surface area contributed by atoms with E-state index in [9.17, 15) is 9.59 Å². The third kappa shape index (κ3) is 3.82. The van der Waals surface area contributed by atoms with Gasteiger partial charge in [-0.3, -0.25) is 14.3 Å². The summed E-state index contributed by atoms with van der Waals surface area (Å²) >= 11 is 0. The van der Waals surface area contributed by atoms with Gasteiger partial charge in [0.05, 0.1) is 11.6 Å². The highest BCUT2D eigenvalue weighted by molar-refractivity contribution is 6.03. The first-order chi connectivity index (χ1) is 11.1. The van der Waals surface area contributed by atoms with Crippen molar-refractivity contribution in [2.24, 2.45) is 7.05 Å². The van der Waals surface area contributed by atoms with Gasteiger partial charge in [-0.05, 0) is 30.7 Å². The van der Waals surface area contributed by atoms with Gasteiger partial charge in [0, 0.05) is 18.2 Å². The van der Waals surface area contributed by atoms with Crippen LogP contribution in [0.3, 0.4) is 0 Å². The lowest BCUT2D eigenvalue weighted by Gasteiger charge is -2.13. The second kappa shape index (κ2) is 6.47. The van der Waals surface area contributed by atoms with Gasteiger partial charge in [-0.25, -0.2) is 0 Å². The lowest BCUT2D eigenvalue weighted by atomic mass is 9.92. The van der Waals surface area contributed by atoms with Crippen LogP contribution in [-0.4, -0.2) is 26.8 Å². The number of carbonyl (C=O) groups is 2. The van der Waals surface area contributed by atoms with Crippen LogP contribution in [-0.2, 0) is 17.3 Å². The molecule has 0 aliphatic heterocycles. The minimum atomic E-state index is -0.903. The Kier molecular flexibility index (Phi) is 4.78. The lowest BCUT2D eigenvalue weighted by Crippen LogP contribution is -2.16. The summed E-state index contributed by atoms with van der Waals surface area (Å²) in [7, 11) is 1.73. The van der Waals surface area contributed by atoms with Crippen LogP contribution >= 0.6 is 0 Å². The number of nitrogens with one attached hydrogen (secondary N) is 1. The maximum absolute atomic E-state index is 12.5. The molecule has 0 spiro atoms. The summed E-state index contributed by atoms with van der Waals surface area (Å²) in [5.74, 6) is -1.81. The number of aromatic nitrogens is 2. The fourth-order valence-electron chi connectivity index (χ4n) is 2.27. The number of carboxylic acid groups (broad SMARTS) is 1. The molecule has 1 heterocycles. The number of amides is 1. The maximum Gasteiger partial charge on any atom is 0.310 e. The maximum atomic E-state index is 12.5. The Morgan fingerprint density at radius 3 is 2.46 bits per heavy atom. The molecule has 6 heteroatoms. The highest BCUT2D eigenvalue weighted by Crippen LogP contribution is 2.23. The van der Waals surface area contributed by atoms with Gasteiger partial charge in [0.1, 0.15) is 5.69 Å². The zero-order valence-electron chi connectivity index (χ0n) is 14.6. The molecule has 0 aliphatic rings. The summed E-state index contributed by atoms with van der Waals surface area (Å²) < 4.78 is 1.56. The Bertz CT molecular complexity index is 772. The number of carboxylic acids is 1. The van der Waals surface area contributed by atoms with Crippen molar-refractivity contribution in [3.05, 3.63) is 47.3 Å². The first kappa shape index (κ1) is 17.7. The van der Waals surface area contributed by atoms with Crippen LogP contribution in [0.1, 0.15) is 55.4 Å². The highest BCUT2D eigenvalue weighted by Gasteiger charge is 2.22. The van der Waals surface area contributed by atoms with Gasteiger partial charge in [-0.1, -0.05) is 32.9 Å². The van der Waals surface area contributed by atoms with Crippen molar-refractivity contribution in [3.63, 3.8) is 0 Å². The average Bonchev–Trinajstić information content (AvgIpc) is 2.89. The van der Waals surface area contributed by atoms with Gasteiger partial charge in [-0.2, -0.15) is 5.10 Å². The van der Waals surface area contributed by atoms with E-state index in [1.165, 1.54) is 0 Å². The third-order valence-corrected chi connectivity index (χ3v) is 3.90. The second-order valence-corrected chi connectivity index (χ2v) is 6.93. The summed E-state index contributed by atoms with van der Waals surface area (Å²) in [5.41, 5.74) is 2.34. The first-order valence-electron chi connectivity index (χ1n) is 7.78. The molecule has 0 saturated carbocycles. The van der Waals surface area contributed by atoms with Crippen molar-refractivity contribution >= 4 is 17.6 Å². The Hall–Kier alpha value is -2.63. The van der Waals surface area contributed by atoms with Crippen LogP contribution in [0.25, 0.3) is 0 Å². The van der Waals surface area contributed by atoms with Gasteiger partial charge < -0.3 is 10.4 Å². The zero-order valence-corrected chi connectivity index (χ0v) is 14.6. The van der Waals surface area contributed by atoms with E-state index in [0.717, 1.165) is 5.69 Å². The molecule has 2 rings (SSSR count). The second-order valence-electron chi connectivity index (χ2n) is 6.93. The number of nitrogens with zero attached hydrogens (tertiary/aromatic N) is 2. The number of carbonyl (C=O) groups excluding carboxylic acids is 1. The molecule has 1 aromatic carbocycles. The minimum absolute atomic E-state index is 0.146. The van der Waals surface area contributed by atoms with Gasteiger partial charge >= 0.3 is 5.97 Å². The molecular formula is C18H23N3O3. The fraction of sp³-hybridized carbons (Fsp3) is 0.389. The monoisotopic (exact) mass is 329 g/mol. The summed E-state index contributed by atoms with van der Waals surface area (Å²) in [5, 5.41) is 16.3. The SMILES string of the molecule is CC(C(=O)O)c1cccc(NC(=O)c2cc(C(C)(C)C)nn2C)c1.